The Bertz CT molecular complexity index is 555. The minimum Gasteiger partial charge on any atom is -0.341 e. The normalized spacial score (nSPS) is 16.3. The van der Waals surface area contributed by atoms with Gasteiger partial charge in [-0.3, -0.25) is 19.5 Å². The van der Waals surface area contributed by atoms with Gasteiger partial charge in [0.05, 0.1) is 0 Å². The van der Waals surface area contributed by atoms with Crippen LogP contribution in [0, 0.1) is 0 Å². The van der Waals surface area contributed by atoms with Gasteiger partial charge in [0, 0.05) is 25.2 Å². The van der Waals surface area contributed by atoms with Gasteiger partial charge in [-0.15, -0.1) is 0 Å². The van der Waals surface area contributed by atoms with Gasteiger partial charge in [-0.05, 0) is 12.8 Å². The third-order valence-corrected chi connectivity index (χ3v) is 3.70. The van der Waals surface area contributed by atoms with Crippen molar-refractivity contribution in [3.05, 3.63) is 32.8 Å². The summed E-state index contributed by atoms with van der Waals surface area (Å²) < 4.78 is 1.06. The first-order valence-electron chi connectivity index (χ1n) is 6.64. The molecule has 0 radical (unpaired) electrons. The molecule has 1 amide bonds. The average molecular weight is 265 g/mol. The van der Waals surface area contributed by atoms with E-state index in [1.165, 1.54) is 12.5 Å². The van der Waals surface area contributed by atoms with Crippen LogP contribution in [-0.4, -0.2) is 33.7 Å². The van der Waals surface area contributed by atoms with Gasteiger partial charge in [0.1, 0.15) is 6.54 Å². The third kappa shape index (κ3) is 3.33. The standard InChI is InChI=1S/C13H19N3O3/c1-15(10-5-3-2-4-6-10)13(19)9-16-12(18)8-7-11(17)14-16/h7-8,10H,2-6,9H2,1H3,(H,14,17). The van der Waals surface area contributed by atoms with Crippen LogP contribution in [0.3, 0.4) is 0 Å². The van der Waals surface area contributed by atoms with Gasteiger partial charge < -0.3 is 4.90 Å². The molecule has 0 aromatic carbocycles. The van der Waals surface area contributed by atoms with Gasteiger partial charge in [0.15, 0.2) is 0 Å². The van der Waals surface area contributed by atoms with Crippen LogP contribution in [0.1, 0.15) is 32.1 Å². The van der Waals surface area contributed by atoms with E-state index in [4.69, 9.17) is 0 Å². The summed E-state index contributed by atoms with van der Waals surface area (Å²) >= 11 is 0. The Balaban J connectivity index is 2.05. The van der Waals surface area contributed by atoms with E-state index in [1.54, 1.807) is 11.9 Å². The molecule has 2 rings (SSSR count). The zero-order valence-corrected chi connectivity index (χ0v) is 11.1. The van der Waals surface area contributed by atoms with Gasteiger partial charge in [-0.2, -0.15) is 0 Å². The third-order valence-electron chi connectivity index (χ3n) is 3.70. The van der Waals surface area contributed by atoms with Crippen LogP contribution in [-0.2, 0) is 11.3 Å². The van der Waals surface area contributed by atoms with Crippen molar-refractivity contribution in [1.29, 1.82) is 0 Å². The highest BCUT2D eigenvalue weighted by Crippen LogP contribution is 2.21. The van der Waals surface area contributed by atoms with E-state index in [0.717, 1.165) is 36.4 Å². The van der Waals surface area contributed by atoms with E-state index in [9.17, 15) is 14.4 Å². The van der Waals surface area contributed by atoms with Crippen molar-refractivity contribution in [3.63, 3.8) is 0 Å². The van der Waals surface area contributed by atoms with Crippen LogP contribution < -0.4 is 11.1 Å². The second-order valence-electron chi connectivity index (χ2n) is 5.03. The highest BCUT2D eigenvalue weighted by molar-refractivity contribution is 5.75. The Morgan fingerprint density at radius 3 is 2.68 bits per heavy atom. The van der Waals surface area contributed by atoms with Crippen LogP contribution >= 0.6 is 0 Å². The molecule has 0 aliphatic heterocycles. The number of aromatic nitrogens is 2. The lowest BCUT2D eigenvalue weighted by atomic mass is 9.94. The largest absolute Gasteiger partial charge is 0.341 e. The van der Waals surface area contributed by atoms with E-state index in [2.05, 4.69) is 5.10 Å². The molecule has 1 N–H and O–H groups in total. The molecular weight excluding hydrogens is 246 g/mol. The summed E-state index contributed by atoms with van der Waals surface area (Å²) in [7, 11) is 1.77. The SMILES string of the molecule is CN(C(=O)Cn1[nH]c(=O)ccc1=O)C1CCCCC1. The molecule has 0 spiro atoms. The second-order valence-corrected chi connectivity index (χ2v) is 5.03. The van der Waals surface area contributed by atoms with Crippen LogP contribution in [0.4, 0.5) is 0 Å². The fraction of sp³-hybridized carbons (Fsp3) is 0.615. The van der Waals surface area contributed by atoms with Crippen molar-refractivity contribution in [1.82, 2.24) is 14.7 Å². The van der Waals surface area contributed by atoms with Crippen molar-refractivity contribution < 1.29 is 4.79 Å². The lowest BCUT2D eigenvalue weighted by molar-refractivity contribution is -0.133. The fourth-order valence-corrected chi connectivity index (χ4v) is 2.50. The number of likely N-dealkylation sites (N-methyl/N-ethyl adjacent to an activating group) is 1. The monoisotopic (exact) mass is 265 g/mol. The first-order chi connectivity index (χ1) is 9.08. The Labute approximate surface area is 111 Å². The fourth-order valence-electron chi connectivity index (χ4n) is 2.50. The molecule has 6 heteroatoms. The molecule has 1 aliphatic carbocycles. The van der Waals surface area contributed by atoms with Crippen LogP contribution in [0.2, 0.25) is 0 Å². The molecule has 19 heavy (non-hydrogen) atoms. The van der Waals surface area contributed by atoms with E-state index < -0.39 is 0 Å². The number of amides is 1. The summed E-state index contributed by atoms with van der Waals surface area (Å²) in [4.78, 5) is 36.5. The molecule has 1 fully saturated rings. The summed E-state index contributed by atoms with van der Waals surface area (Å²) in [6, 6.07) is 2.59. The quantitative estimate of drug-likeness (QED) is 0.855. The van der Waals surface area contributed by atoms with E-state index in [0.29, 0.717) is 0 Å². The molecule has 0 saturated heterocycles. The number of rotatable bonds is 3. The number of aromatic amines is 1. The van der Waals surface area contributed by atoms with Gasteiger partial charge in [0.2, 0.25) is 5.91 Å². The minimum absolute atomic E-state index is 0.109. The Hall–Kier alpha value is -1.85. The molecular formula is C13H19N3O3. The maximum Gasteiger partial charge on any atom is 0.265 e. The smallest absolute Gasteiger partial charge is 0.265 e. The highest BCUT2D eigenvalue weighted by atomic mass is 16.2. The molecule has 1 aromatic heterocycles. The Kier molecular flexibility index (Phi) is 4.19. The average Bonchev–Trinajstić information content (AvgIpc) is 2.43. The molecule has 104 valence electrons. The van der Waals surface area contributed by atoms with Crippen molar-refractivity contribution in [2.45, 2.75) is 44.7 Å². The topological polar surface area (TPSA) is 75.2 Å². The first-order valence-corrected chi connectivity index (χ1v) is 6.64. The van der Waals surface area contributed by atoms with Crippen molar-refractivity contribution in [2.75, 3.05) is 7.05 Å². The summed E-state index contributed by atoms with van der Waals surface area (Å²) in [5.41, 5.74) is -0.752. The van der Waals surface area contributed by atoms with Gasteiger partial charge in [-0.25, -0.2) is 4.68 Å². The molecule has 6 nitrogen and oxygen atoms in total. The lowest BCUT2D eigenvalue weighted by Crippen LogP contribution is -2.42. The molecule has 1 aromatic rings. The predicted molar refractivity (Wildman–Crippen MR) is 71.0 cm³/mol. The molecule has 1 saturated carbocycles. The summed E-state index contributed by atoms with van der Waals surface area (Å²) in [5.74, 6) is -0.143. The van der Waals surface area contributed by atoms with E-state index >= 15 is 0 Å². The molecule has 0 atom stereocenters. The maximum absolute atomic E-state index is 12.1. The van der Waals surface area contributed by atoms with Crippen LogP contribution in [0.5, 0.6) is 0 Å². The number of carbonyl (C=O) groups is 1. The highest BCUT2D eigenvalue weighted by Gasteiger charge is 2.22. The van der Waals surface area contributed by atoms with Gasteiger partial charge in [0.25, 0.3) is 11.1 Å². The van der Waals surface area contributed by atoms with Crippen LogP contribution in [0.15, 0.2) is 21.7 Å². The number of carbonyl (C=O) groups excluding carboxylic acids is 1. The summed E-state index contributed by atoms with van der Waals surface area (Å²) in [6.07, 6.45) is 5.55. The Morgan fingerprint density at radius 2 is 2.00 bits per heavy atom. The maximum atomic E-state index is 12.1. The number of nitrogens with zero attached hydrogens (tertiary/aromatic N) is 2. The van der Waals surface area contributed by atoms with Crippen LogP contribution in [0.25, 0.3) is 0 Å². The number of nitrogens with one attached hydrogen (secondary N) is 1. The number of H-pyrrole nitrogens is 1. The van der Waals surface area contributed by atoms with Gasteiger partial charge >= 0.3 is 0 Å². The zero-order chi connectivity index (χ0) is 13.8. The summed E-state index contributed by atoms with van der Waals surface area (Å²) in [5, 5.41) is 2.37. The second kappa shape index (κ2) is 5.86. The minimum atomic E-state index is -0.382. The molecule has 0 bridgehead atoms. The zero-order valence-electron chi connectivity index (χ0n) is 11.1. The Morgan fingerprint density at radius 1 is 1.32 bits per heavy atom. The first kappa shape index (κ1) is 13.6. The van der Waals surface area contributed by atoms with Crippen molar-refractivity contribution in [3.8, 4) is 0 Å². The molecule has 1 heterocycles. The van der Waals surface area contributed by atoms with Crippen molar-refractivity contribution in [2.24, 2.45) is 0 Å². The van der Waals surface area contributed by atoms with Gasteiger partial charge in [-0.1, -0.05) is 19.3 Å². The lowest BCUT2D eigenvalue weighted by Gasteiger charge is -2.31. The molecule has 1 aliphatic rings. The molecule has 0 unspecified atom stereocenters. The number of hydrogen-bond acceptors (Lipinski definition) is 3. The van der Waals surface area contributed by atoms with E-state index in [1.807, 2.05) is 0 Å². The van der Waals surface area contributed by atoms with E-state index in [-0.39, 0.29) is 29.6 Å². The summed E-state index contributed by atoms with van der Waals surface area (Å²) in [6.45, 7) is -0.109. The predicted octanol–water partition coefficient (Wildman–Crippen LogP) is 0.328. The number of hydrogen-bond donors (Lipinski definition) is 1. The van der Waals surface area contributed by atoms with Crippen molar-refractivity contribution >= 4 is 5.91 Å².